The van der Waals surface area contributed by atoms with Gasteiger partial charge in [0.25, 0.3) is 0 Å². The van der Waals surface area contributed by atoms with E-state index in [-0.39, 0.29) is 6.04 Å². The highest BCUT2D eigenvalue weighted by Crippen LogP contribution is 2.32. The molecule has 1 N–H and O–H groups in total. The van der Waals surface area contributed by atoms with Crippen LogP contribution >= 0.6 is 0 Å². The molecular formula is C15H20F2N2. The molecule has 1 aromatic carbocycles. The Bertz CT molecular complexity index is 463. The molecule has 2 aliphatic rings. The predicted molar refractivity (Wildman–Crippen MR) is 70.8 cm³/mol. The van der Waals surface area contributed by atoms with Crippen molar-refractivity contribution in [1.29, 1.82) is 0 Å². The molecule has 2 aliphatic heterocycles. The van der Waals surface area contributed by atoms with Crippen molar-refractivity contribution in [3.05, 3.63) is 35.4 Å². The summed E-state index contributed by atoms with van der Waals surface area (Å²) in [6, 6.07) is 3.92. The van der Waals surface area contributed by atoms with Gasteiger partial charge in [-0.05, 0) is 50.9 Å². The quantitative estimate of drug-likeness (QED) is 0.885. The number of halogens is 2. The molecule has 0 aliphatic carbocycles. The van der Waals surface area contributed by atoms with E-state index in [1.165, 1.54) is 12.5 Å². The lowest BCUT2D eigenvalue weighted by Crippen LogP contribution is -2.41. The number of nitrogens with one attached hydrogen (secondary N) is 1. The summed E-state index contributed by atoms with van der Waals surface area (Å²) in [6.07, 6.45) is 1.17. The molecule has 2 heterocycles. The normalized spacial score (nSPS) is 29.2. The Morgan fingerprint density at radius 3 is 2.84 bits per heavy atom. The molecule has 0 spiro atoms. The van der Waals surface area contributed by atoms with Gasteiger partial charge in [-0.25, -0.2) is 8.78 Å². The SMILES string of the molecule is CC(c1ccc(F)cc1F)N1CCC2CNCC2C1. The van der Waals surface area contributed by atoms with E-state index >= 15 is 0 Å². The van der Waals surface area contributed by atoms with Crippen LogP contribution in [0.1, 0.15) is 24.9 Å². The van der Waals surface area contributed by atoms with Crippen LogP contribution in [0, 0.1) is 23.5 Å². The largest absolute Gasteiger partial charge is 0.316 e. The average molecular weight is 266 g/mol. The van der Waals surface area contributed by atoms with Gasteiger partial charge in [0.2, 0.25) is 0 Å². The first-order chi connectivity index (χ1) is 9.15. The van der Waals surface area contributed by atoms with Crippen LogP contribution in [0.5, 0.6) is 0 Å². The fourth-order valence-electron chi connectivity index (χ4n) is 3.45. The van der Waals surface area contributed by atoms with Gasteiger partial charge in [0.1, 0.15) is 11.6 Å². The molecule has 0 radical (unpaired) electrons. The van der Waals surface area contributed by atoms with Crippen LogP contribution in [0.25, 0.3) is 0 Å². The Labute approximate surface area is 112 Å². The highest BCUT2D eigenvalue weighted by Gasteiger charge is 2.34. The molecule has 0 bridgehead atoms. The van der Waals surface area contributed by atoms with Crippen molar-refractivity contribution in [2.24, 2.45) is 11.8 Å². The van der Waals surface area contributed by atoms with E-state index in [0.717, 1.165) is 38.2 Å². The van der Waals surface area contributed by atoms with Crippen LogP contribution in [-0.2, 0) is 0 Å². The summed E-state index contributed by atoms with van der Waals surface area (Å²) >= 11 is 0. The van der Waals surface area contributed by atoms with E-state index in [0.29, 0.717) is 11.5 Å². The van der Waals surface area contributed by atoms with Crippen molar-refractivity contribution in [3.63, 3.8) is 0 Å². The molecule has 1 aromatic rings. The lowest BCUT2D eigenvalue weighted by Gasteiger charge is -2.38. The number of nitrogens with zero attached hydrogens (tertiary/aromatic N) is 1. The van der Waals surface area contributed by atoms with Crippen molar-refractivity contribution >= 4 is 0 Å². The summed E-state index contributed by atoms with van der Waals surface area (Å²) in [4.78, 5) is 2.32. The lowest BCUT2D eigenvalue weighted by molar-refractivity contribution is 0.109. The molecule has 3 unspecified atom stereocenters. The first-order valence-electron chi connectivity index (χ1n) is 7.05. The van der Waals surface area contributed by atoms with Crippen molar-refractivity contribution in [1.82, 2.24) is 10.2 Å². The number of rotatable bonds is 2. The molecular weight excluding hydrogens is 246 g/mol. The van der Waals surface area contributed by atoms with E-state index in [1.54, 1.807) is 6.07 Å². The average Bonchev–Trinajstić information content (AvgIpc) is 2.85. The summed E-state index contributed by atoms with van der Waals surface area (Å²) in [5.74, 6) is 0.521. The molecule has 19 heavy (non-hydrogen) atoms. The summed E-state index contributed by atoms with van der Waals surface area (Å²) in [5, 5.41) is 3.43. The first kappa shape index (κ1) is 13.0. The second-order valence-corrected chi connectivity index (χ2v) is 5.80. The molecule has 0 amide bonds. The number of likely N-dealkylation sites (tertiary alicyclic amines) is 1. The molecule has 2 fully saturated rings. The molecule has 3 atom stereocenters. The third kappa shape index (κ3) is 2.51. The van der Waals surface area contributed by atoms with Crippen LogP contribution in [0.2, 0.25) is 0 Å². The highest BCUT2D eigenvalue weighted by molar-refractivity contribution is 5.22. The molecule has 104 valence electrons. The molecule has 0 aromatic heterocycles. The smallest absolute Gasteiger partial charge is 0.130 e. The summed E-state index contributed by atoms with van der Waals surface area (Å²) in [7, 11) is 0. The van der Waals surface area contributed by atoms with Gasteiger partial charge in [-0.15, -0.1) is 0 Å². The number of hydrogen-bond acceptors (Lipinski definition) is 2. The fourth-order valence-corrected chi connectivity index (χ4v) is 3.45. The lowest BCUT2D eigenvalue weighted by atomic mass is 9.87. The molecule has 2 saturated heterocycles. The van der Waals surface area contributed by atoms with Gasteiger partial charge in [0.15, 0.2) is 0 Å². The predicted octanol–water partition coefficient (Wildman–Crippen LogP) is 2.57. The van der Waals surface area contributed by atoms with Crippen molar-refractivity contribution in [3.8, 4) is 0 Å². The maximum Gasteiger partial charge on any atom is 0.130 e. The minimum absolute atomic E-state index is 0.0159. The summed E-state index contributed by atoms with van der Waals surface area (Å²) < 4.78 is 26.8. The maximum atomic E-state index is 13.8. The van der Waals surface area contributed by atoms with Crippen LogP contribution in [0.3, 0.4) is 0 Å². The molecule has 3 rings (SSSR count). The Balaban J connectivity index is 1.74. The minimum Gasteiger partial charge on any atom is -0.316 e. The Morgan fingerprint density at radius 2 is 2.05 bits per heavy atom. The first-order valence-corrected chi connectivity index (χ1v) is 7.05. The van der Waals surface area contributed by atoms with Crippen molar-refractivity contribution in [2.45, 2.75) is 19.4 Å². The summed E-state index contributed by atoms with van der Waals surface area (Å²) in [5.41, 5.74) is 0.603. The molecule has 4 heteroatoms. The topological polar surface area (TPSA) is 15.3 Å². The zero-order valence-corrected chi connectivity index (χ0v) is 11.2. The standard InChI is InChI=1S/C15H20F2N2/c1-10(14-3-2-13(16)6-15(14)17)19-5-4-11-7-18-8-12(11)9-19/h2-3,6,10-12,18H,4-5,7-9H2,1H3. The summed E-state index contributed by atoms with van der Waals surface area (Å²) in [6.45, 7) is 6.22. The van der Waals surface area contributed by atoms with E-state index in [1.807, 2.05) is 6.92 Å². The van der Waals surface area contributed by atoms with Gasteiger partial charge >= 0.3 is 0 Å². The molecule has 0 saturated carbocycles. The van der Waals surface area contributed by atoms with E-state index < -0.39 is 11.6 Å². The van der Waals surface area contributed by atoms with Crippen molar-refractivity contribution < 1.29 is 8.78 Å². The van der Waals surface area contributed by atoms with Gasteiger partial charge in [0, 0.05) is 24.2 Å². The maximum absolute atomic E-state index is 13.8. The number of benzene rings is 1. The van der Waals surface area contributed by atoms with Crippen LogP contribution in [0.4, 0.5) is 8.78 Å². The van der Waals surface area contributed by atoms with Gasteiger partial charge in [0.05, 0.1) is 0 Å². The Hall–Kier alpha value is -1.00. The van der Waals surface area contributed by atoms with E-state index in [2.05, 4.69) is 10.2 Å². The zero-order chi connectivity index (χ0) is 13.4. The number of fused-ring (bicyclic) bond motifs is 1. The number of hydrogen-bond donors (Lipinski definition) is 1. The van der Waals surface area contributed by atoms with E-state index in [4.69, 9.17) is 0 Å². The monoisotopic (exact) mass is 266 g/mol. The second kappa shape index (κ2) is 5.17. The van der Waals surface area contributed by atoms with Gasteiger partial charge in [-0.2, -0.15) is 0 Å². The van der Waals surface area contributed by atoms with Gasteiger partial charge < -0.3 is 5.32 Å². The van der Waals surface area contributed by atoms with Crippen LogP contribution in [-0.4, -0.2) is 31.1 Å². The van der Waals surface area contributed by atoms with Crippen molar-refractivity contribution in [2.75, 3.05) is 26.2 Å². The third-order valence-electron chi connectivity index (χ3n) is 4.70. The Kier molecular flexibility index (Phi) is 3.54. The second-order valence-electron chi connectivity index (χ2n) is 5.80. The Morgan fingerprint density at radius 1 is 1.26 bits per heavy atom. The van der Waals surface area contributed by atoms with Gasteiger partial charge in [-0.3, -0.25) is 4.90 Å². The third-order valence-corrected chi connectivity index (χ3v) is 4.70. The fraction of sp³-hybridized carbons (Fsp3) is 0.600. The van der Waals surface area contributed by atoms with E-state index in [9.17, 15) is 8.78 Å². The minimum atomic E-state index is -0.507. The van der Waals surface area contributed by atoms with Crippen LogP contribution < -0.4 is 5.32 Å². The number of piperidine rings is 1. The zero-order valence-electron chi connectivity index (χ0n) is 11.2. The molecule has 2 nitrogen and oxygen atoms in total. The highest BCUT2D eigenvalue weighted by atomic mass is 19.1. The van der Waals surface area contributed by atoms with Crippen LogP contribution in [0.15, 0.2) is 18.2 Å². The van der Waals surface area contributed by atoms with Gasteiger partial charge in [-0.1, -0.05) is 6.07 Å².